The monoisotopic (exact) mass is 432 g/mol. The van der Waals surface area contributed by atoms with Crippen molar-refractivity contribution in [3.8, 4) is 0 Å². The van der Waals surface area contributed by atoms with Crippen molar-refractivity contribution in [2.75, 3.05) is 52.5 Å². The fraction of sp³-hybridized carbons (Fsp3) is 0.579. The summed E-state index contributed by atoms with van der Waals surface area (Å²) in [6.07, 6.45) is 0.484. The number of hydrogen-bond donors (Lipinski definition) is 2. The molecular formula is C19H30Cl2N4O3. The van der Waals surface area contributed by atoms with Crippen LogP contribution in [0, 0.1) is 0 Å². The zero-order valence-electron chi connectivity index (χ0n) is 16.0. The van der Waals surface area contributed by atoms with E-state index in [0.29, 0.717) is 39.2 Å². The third-order valence-corrected chi connectivity index (χ3v) is 4.84. The van der Waals surface area contributed by atoms with Gasteiger partial charge in [-0.15, -0.1) is 24.8 Å². The van der Waals surface area contributed by atoms with Crippen LogP contribution in [0.2, 0.25) is 0 Å². The number of carbonyl (C=O) groups excluding carboxylic acids is 2. The summed E-state index contributed by atoms with van der Waals surface area (Å²) in [5.41, 5.74) is 1.09. The van der Waals surface area contributed by atoms with Crippen molar-refractivity contribution >= 4 is 36.6 Å². The fourth-order valence-corrected chi connectivity index (χ4v) is 3.30. The van der Waals surface area contributed by atoms with Gasteiger partial charge in [0.05, 0.1) is 19.8 Å². The fourth-order valence-electron chi connectivity index (χ4n) is 3.30. The van der Waals surface area contributed by atoms with E-state index in [1.165, 1.54) is 0 Å². The van der Waals surface area contributed by atoms with Crippen molar-refractivity contribution in [2.45, 2.75) is 19.0 Å². The predicted molar refractivity (Wildman–Crippen MR) is 113 cm³/mol. The number of halogens is 2. The molecule has 2 aliphatic rings. The van der Waals surface area contributed by atoms with E-state index in [4.69, 9.17) is 4.74 Å². The van der Waals surface area contributed by atoms with E-state index in [-0.39, 0.29) is 42.7 Å². The lowest BCUT2D eigenvalue weighted by Crippen LogP contribution is -2.52. The molecule has 0 spiro atoms. The summed E-state index contributed by atoms with van der Waals surface area (Å²) >= 11 is 0. The van der Waals surface area contributed by atoms with Crippen LogP contribution in [0.1, 0.15) is 12.0 Å². The first-order valence-electron chi connectivity index (χ1n) is 9.32. The number of nitrogens with one attached hydrogen (secondary N) is 2. The molecule has 2 aliphatic heterocycles. The Hall–Kier alpha value is -1.38. The highest BCUT2D eigenvalue weighted by Gasteiger charge is 2.25. The van der Waals surface area contributed by atoms with Gasteiger partial charge in [-0.2, -0.15) is 0 Å². The van der Waals surface area contributed by atoms with Crippen molar-refractivity contribution in [3.63, 3.8) is 0 Å². The smallest absolute Gasteiger partial charge is 0.234 e. The van der Waals surface area contributed by atoms with Crippen molar-refractivity contribution in [2.24, 2.45) is 0 Å². The van der Waals surface area contributed by atoms with E-state index in [0.717, 1.165) is 31.8 Å². The molecule has 2 heterocycles. The Kier molecular flexibility index (Phi) is 11.4. The molecule has 1 atom stereocenters. The van der Waals surface area contributed by atoms with Crippen LogP contribution in [0.15, 0.2) is 30.3 Å². The molecular weight excluding hydrogens is 403 g/mol. The maximum atomic E-state index is 12.4. The first kappa shape index (κ1) is 24.7. The Morgan fingerprint density at radius 1 is 1.11 bits per heavy atom. The quantitative estimate of drug-likeness (QED) is 0.690. The molecule has 3 rings (SSSR count). The first-order valence-corrected chi connectivity index (χ1v) is 9.32. The number of carbonyl (C=O) groups is 2. The molecule has 0 aliphatic carbocycles. The summed E-state index contributed by atoms with van der Waals surface area (Å²) in [5.74, 6) is 0.193. The second-order valence-electron chi connectivity index (χ2n) is 6.85. The van der Waals surface area contributed by atoms with E-state index in [1.807, 2.05) is 35.2 Å². The summed E-state index contributed by atoms with van der Waals surface area (Å²) in [6, 6.07) is 10.0. The zero-order chi connectivity index (χ0) is 18.2. The molecule has 1 unspecified atom stereocenters. The molecule has 2 fully saturated rings. The second kappa shape index (κ2) is 13.0. The minimum absolute atomic E-state index is 0. The van der Waals surface area contributed by atoms with Gasteiger partial charge in [0.15, 0.2) is 0 Å². The van der Waals surface area contributed by atoms with Gasteiger partial charge >= 0.3 is 0 Å². The van der Waals surface area contributed by atoms with Crippen molar-refractivity contribution in [1.29, 1.82) is 0 Å². The molecule has 9 heteroatoms. The van der Waals surface area contributed by atoms with Crippen LogP contribution in [-0.2, 0) is 20.9 Å². The topological polar surface area (TPSA) is 73.9 Å². The van der Waals surface area contributed by atoms with E-state index in [1.54, 1.807) is 0 Å². The molecule has 2 amide bonds. The minimum atomic E-state index is 0. The average molecular weight is 433 g/mol. The number of hydrogen-bond acceptors (Lipinski definition) is 5. The van der Waals surface area contributed by atoms with Gasteiger partial charge in [0.25, 0.3) is 0 Å². The Balaban J connectivity index is 0.00000196. The van der Waals surface area contributed by atoms with E-state index in [2.05, 4.69) is 15.5 Å². The molecule has 7 nitrogen and oxygen atoms in total. The molecule has 0 radical (unpaired) electrons. The number of amides is 2. The van der Waals surface area contributed by atoms with E-state index in [9.17, 15) is 9.59 Å². The Bertz CT molecular complexity index is 592. The van der Waals surface area contributed by atoms with E-state index >= 15 is 0 Å². The molecule has 158 valence electrons. The van der Waals surface area contributed by atoms with Gasteiger partial charge < -0.3 is 20.3 Å². The van der Waals surface area contributed by atoms with Crippen molar-refractivity contribution in [3.05, 3.63) is 35.9 Å². The maximum Gasteiger partial charge on any atom is 0.234 e. The van der Waals surface area contributed by atoms with Crippen LogP contribution in [-0.4, -0.2) is 80.1 Å². The molecule has 2 N–H and O–H groups in total. The van der Waals surface area contributed by atoms with Crippen LogP contribution in [0.25, 0.3) is 0 Å². The first-order chi connectivity index (χ1) is 12.7. The standard InChI is InChI=1S/C19H28N4O3.2ClH/c24-18(21-13-16-4-2-1-3-5-16)14-22-7-9-23(10-8-22)19(25)12-17-15-26-11-6-20-17;;/h1-5,17,20H,6-15H2,(H,21,24);2*1H. The highest BCUT2D eigenvalue weighted by Crippen LogP contribution is 2.07. The van der Waals surface area contributed by atoms with Gasteiger partial charge in [0.2, 0.25) is 11.8 Å². The summed E-state index contributed by atoms with van der Waals surface area (Å²) in [4.78, 5) is 28.5. The van der Waals surface area contributed by atoms with Crippen LogP contribution < -0.4 is 10.6 Å². The largest absolute Gasteiger partial charge is 0.378 e. The third-order valence-electron chi connectivity index (χ3n) is 4.84. The molecule has 2 saturated heterocycles. The van der Waals surface area contributed by atoms with Crippen LogP contribution in [0.4, 0.5) is 0 Å². The van der Waals surface area contributed by atoms with Gasteiger partial charge in [-0.1, -0.05) is 30.3 Å². The van der Waals surface area contributed by atoms with Crippen molar-refractivity contribution in [1.82, 2.24) is 20.4 Å². The Labute approximate surface area is 179 Å². The van der Waals surface area contributed by atoms with Gasteiger partial charge in [-0.05, 0) is 5.56 Å². The summed E-state index contributed by atoms with van der Waals surface area (Å²) < 4.78 is 5.40. The molecule has 0 bridgehead atoms. The van der Waals surface area contributed by atoms with Crippen molar-refractivity contribution < 1.29 is 14.3 Å². The minimum Gasteiger partial charge on any atom is -0.378 e. The molecule has 1 aromatic rings. The van der Waals surface area contributed by atoms with Gasteiger partial charge in [-0.25, -0.2) is 0 Å². The second-order valence-corrected chi connectivity index (χ2v) is 6.85. The highest BCUT2D eigenvalue weighted by atomic mass is 35.5. The number of morpholine rings is 1. The predicted octanol–water partition coefficient (Wildman–Crippen LogP) is 0.669. The summed E-state index contributed by atoms with van der Waals surface area (Å²) in [7, 11) is 0. The van der Waals surface area contributed by atoms with Crippen LogP contribution in [0.3, 0.4) is 0 Å². The molecule has 0 aromatic heterocycles. The lowest BCUT2D eigenvalue weighted by molar-refractivity contribution is -0.134. The average Bonchev–Trinajstić information content (AvgIpc) is 2.68. The number of piperazine rings is 1. The molecule has 0 saturated carbocycles. The Morgan fingerprint density at radius 2 is 1.82 bits per heavy atom. The number of rotatable bonds is 6. The molecule has 1 aromatic carbocycles. The third kappa shape index (κ3) is 7.93. The highest BCUT2D eigenvalue weighted by molar-refractivity contribution is 5.85. The van der Waals surface area contributed by atoms with Gasteiger partial charge in [0.1, 0.15) is 0 Å². The summed E-state index contributed by atoms with van der Waals surface area (Å²) in [6.45, 7) is 5.89. The van der Waals surface area contributed by atoms with Gasteiger partial charge in [0, 0.05) is 51.7 Å². The maximum absolute atomic E-state index is 12.4. The lowest BCUT2D eigenvalue weighted by Gasteiger charge is -2.35. The zero-order valence-corrected chi connectivity index (χ0v) is 17.6. The molecule has 28 heavy (non-hydrogen) atoms. The number of benzene rings is 1. The normalized spacial score (nSPS) is 19.9. The lowest BCUT2D eigenvalue weighted by atomic mass is 10.1. The summed E-state index contributed by atoms with van der Waals surface area (Å²) in [5, 5.41) is 6.27. The SMILES string of the molecule is Cl.Cl.O=C(CN1CCN(C(=O)CC2COCCN2)CC1)NCc1ccccc1. The Morgan fingerprint density at radius 3 is 2.46 bits per heavy atom. The van der Waals surface area contributed by atoms with Crippen LogP contribution >= 0.6 is 24.8 Å². The van der Waals surface area contributed by atoms with Gasteiger partial charge in [-0.3, -0.25) is 14.5 Å². The van der Waals surface area contributed by atoms with E-state index < -0.39 is 0 Å². The van der Waals surface area contributed by atoms with Crippen LogP contribution in [0.5, 0.6) is 0 Å². The number of ether oxygens (including phenoxy) is 1. The number of nitrogens with zero attached hydrogens (tertiary/aromatic N) is 2.